The fourth-order valence-electron chi connectivity index (χ4n) is 0.972. The van der Waals surface area contributed by atoms with Crippen molar-refractivity contribution in [2.75, 3.05) is 11.5 Å². The third-order valence-electron chi connectivity index (χ3n) is 1.67. The molecule has 1 heterocycles. The monoisotopic (exact) mass is 141 g/mol. The molecule has 0 bridgehead atoms. The third kappa shape index (κ3) is 1.64. The molecule has 2 atom stereocenters. The Morgan fingerprint density at radius 2 is 2.56 bits per heavy atom. The van der Waals surface area contributed by atoms with Crippen molar-refractivity contribution >= 4 is 11.8 Å². The molecular formula is C7H11NS. The first-order valence-electron chi connectivity index (χ1n) is 3.14. The highest BCUT2D eigenvalue weighted by molar-refractivity contribution is 7.99. The maximum Gasteiger partial charge on any atom is 0.0698 e. The first kappa shape index (κ1) is 6.98. The number of nitrogens with two attached hydrogens (primary N) is 1. The van der Waals surface area contributed by atoms with Gasteiger partial charge in [-0.2, -0.15) is 11.8 Å². The molecule has 0 aliphatic carbocycles. The molecule has 2 unspecified atom stereocenters. The summed E-state index contributed by atoms with van der Waals surface area (Å²) < 4.78 is 0. The smallest absolute Gasteiger partial charge is 0.0698 e. The van der Waals surface area contributed by atoms with Crippen molar-refractivity contribution in [3.63, 3.8) is 0 Å². The average Bonchev–Trinajstić information content (AvgIpc) is 2.37. The van der Waals surface area contributed by atoms with Gasteiger partial charge in [-0.25, -0.2) is 0 Å². The summed E-state index contributed by atoms with van der Waals surface area (Å²) in [6.07, 6.45) is 6.37. The van der Waals surface area contributed by atoms with E-state index >= 15 is 0 Å². The number of terminal acetylenes is 1. The SMILES string of the molecule is C#CC(N)C1CCSC1. The molecule has 0 radical (unpaired) electrons. The van der Waals surface area contributed by atoms with Gasteiger partial charge in [0.25, 0.3) is 0 Å². The zero-order chi connectivity index (χ0) is 6.69. The van der Waals surface area contributed by atoms with E-state index in [0.717, 1.165) is 5.75 Å². The van der Waals surface area contributed by atoms with Crippen LogP contribution in [0.4, 0.5) is 0 Å². The topological polar surface area (TPSA) is 26.0 Å². The highest BCUT2D eigenvalue weighted by Crippen LogP contribution is 2.24. The summed E-state index contributed by atoms with van der Waals surface area (Å²) >= 11 is 1.95. The van der Waals surface area contributed by atoms with Crippen LogP contribution < -0.4 is 5.73 Å². The number of hydrogen-bond donors (Lipinski definition) is 1. The lowest BCUT2D eigenvalue weighted by Crippen LogP contribution is -2.27. The molecule has 1 fully saturated rings. The molecule has 2 N–H and O–H groups in total. The Balaban J connectivity index is 2.34. The molecule has 50 valence electrons. The fourth-order valence-corrected chi connectivity index (χ4v) is 2.28. The summed E-state index contributed by atoms with van der Waals surface area (Å²) in [6, 6.07) is -0.000000000000000444. The Morgan fingerprint density at radius 3 is 3.00 bits per heavy atom. The van der Waals surface area contributed by atoms with E-state index < -0.39 is 0 Å². The van der Waals surface area contributed by atoms with E-state index in [9.17, 15) is 0 Å². The van der Waals surface area contributed by atoms with Crippen LogP contribution in [0, 0.1) is 18.3 Å². The van der Waals surface area contributed by atoms with E-state index in [2.05, 4.69) is 5.92 Å². The molecule has 0 saturated carbocycles. The Morgan fingerprint density at radius 1 is 1.78 bits per heavy atom. The van der Waals surface area contributed by atoms with E-state index in [1.807, 2.05) is 11.8 Å². The summed E-state index contributed by atoms with van der Waals surface area (Å²) in [7, 11) is 0. The number of hydrogen-bond acceptors (Lipinski definition) is 2. The minimum Gasteiger partial charge on any atom is -0.317 e. The molecule has 0 amide bonds. The first-order valence-corrected chi connectivity index (χ1v) is 4.29. The lowest BCUT2D eigenvalue weighted by molar-refractivity contribution is 0.544. The van der Waals surface area contributed by atoms with Gasteiger partial charge in [0.2, 0.25) is 0 Å². The van der Waals surface area contributed by atoms with E-state index in [1.165, 1.54) is 12.2 Å². The van der Waals surface area contributed by atoms with Crippen molar-refractivity contribution in [3.8, 4) is 12.3 Å². The Hall–Kier alpha value is -0.130. The quantitative estimate of drug-likeness (QED) is 0.544. The summed E-state index contributed by atoms with van der Waals surface area (Å²) in [5, 5.41) is 0. The van der Waals surface area contributed by atoms with Gasteiger partial charge in [-0.05, 0) is 23.8 Å². The maximum absolute atomic E-state index is 5.63. The number of rotatable bonds is 1. The van der Waals surface area contributed by atoms with Gasteiger partial charge in [0.05, 0.1) is 6.04 Å². The van der Waals surface area contributed by atoms with Crippen molar-refractivity contribution in [1.29, 1.82) is 0 Å². The largest absolute Gasteiger partial charge is 0.317 e. The van der Waals surface area contributed by atoms with Crippen molar-refractivity contribution in [2.45, 2.75) is 12.5 Å². The minimum absolute atomic E-state index is 0.000000000000000444. The van der Waals surface area contributed by atoms with Crippen LogP contribution in [-0.2, 0) is 0 Å². The van der Waals surface area contributed by atoms with Gasteiger partial charge in [0.1, 0.15) is 0 Å². The van der Waals surface area contributed by atoms with Crippen LogP contribution in [-0.4, -0.2) is 17.5 Å². The maximum atomic E-state index is 5.63. The molecule has 1 aliphatic rings. The van der Waals surface area contributed by atoms with Crippen LogP contribution >= 0.6 is 11.8 Å². The van der Waals surface area contributed by atoms with Crippen molar-refractivity contribution in [1.82, 2.24) is 0 Å². The molecule has 0 spiro atoms. The van der Waals surface area contributed by atoms with Gasteiger partial charge in [-0.1, -0.05) is 5.92 Å². The predicted octanol–water partition coefficient (Wildman–Crippen LogP) is 0.700. The van der Waals surface area contributed by atoms with Gasteiger partial charge in [-0.15, -0.1) is 6.42 Å². The molecule has 1 saturated heterocycles. The predicted molar refractivity (Wildman–Crippen MR) is 42.2 cm³/mol. The van der Waals surface area contributed by atoms with Crippen LogP contribution in [0.25, 0.3) is 0 Å². The van der Waals surface area contributed by atoms with Crippen molar-refractivity contribution < 1.29 is 0 Å². The lowest BCUT2D eigenvalue weighted by atomic mass is 10.0. The molecular weight excluding hydrogens is 130 g/mol. The second kappa shape index (κ2) is 3.14. The van der Waals surface area contributed by atoms with E-state index in [0.29, 0.717) is 5.92 Å². The summed E-state index contributed by atoms with van der Waals surface area (Å²) in [5.41, 5.74) is 5.63. The Bertz CT molecular complexity index is 121. The van der Waals surface area contributed by atoms with E-state index in [-0.39, 0.29) is 6.04 Å². The zero-order valence-electron chi connectivity index (χ0n) is 5.34. The van der Waals surface area contributed by atoms with E-state index in [1.54, 1.807) is 0 Å². The van der Waals surface area contributed by atoms with Crippen LogP contribution in [0.5, 0.6) is 0 Å². The zero-order valence-corrected chi connectivity index (χ0v) is 6.16. The first-order chi connectivity index (χ1) is 4.34. The normalized spacial score (nSPS) is 29.6. The standard InChI is InChI=1S/C7H11NS/c1-2-7(8)6-3-4-9-5-6/h1,6-7H,3-5,8H2. The van der Waals surface area contributed by atoms with Crippen molar-refractivity contribution in [3.05, 3.63) is 0 Å². The van der Waals surface area contributed by atoms with Gasteiger partial charge >= 0.3 is 0 Å². The van der Waals surface area contributed by atoms with Gasteiger partial charge in [-0.3, -0.25) is 0 Å². The molecule has 0 aromatic heterocycles. The number of thioether (sulfide) groups is 1. The van der Waals surface area contributed by atoms with Gasteiger partial charge in [0, 0.05) is 0 Å². The van der Waals surface area contributed by atoms with Crippen LogP contribution in [0.1, 0.15) is 6.42 Å². The highest BCUT2D eigenvalue weighted by atomic mass is 32.2. The molecule has 2 heteroatoms. The molecule has 1 nitrogen and oxygen atoms in total. The van der Waals surface area contributed by atoms with Gasteiger partial charge < -0.3 is 5.73 Å². The highest BCUT2D eigenvalue weighted by Gasteiger charge is 2.20. The van der Waals surface area contributed by atoms with E-state index in [4.69, 9.17) is 12.2 Å². The average molecular weight is 141 g/mol. The van der Waals surface area contributed by atoms with Crippen LogP contribution in [0.3, 0.4) is 0 Å². The molecule has 0 aromatic carbocycles. The summed E-state index contributed by atoms with van der Waals surface area (Å²) in [4.78, 5) is 0. The second-order valence-corrected chi connectivity index (χ2v) is 3.47. The molecule has 9 heavy (non-hydrogen) atoms. The second-order valence-electron chi connectivity index (χ2n) is 2.32. The van der Waals surface area contributed by atoms with Crippen LogP contribution in [0.15, 0.2) is 0 Å². The molecule has 1 aliphatic heterocycles. The van der Waals surface area contributed by atoms with Crippen LogP contribution in [0.2, 0.25) is 0 Å². The van der Waals surface area contributed by atoms with Gasteiger partial charge in [0.15, 0.2) is 0 Å². The third-order valence-corrected chi connectivity index (χ3v) is 2.85. The van der Waals surface area contributed by atoms with Crippen molar-refractivity contribution in [2.24, 2.45) is 11.7 Å². The molecule has 1 rings (SSSR count). The lowest BCUT2D eigenvalue weighted by Gasteiger charge is -2.09. The summed E-state index contributed by atoms with van der Waals surface area (Å²) in [5.74, 6) is 5.55. The Kier molecular flexibility index (Phi) is 2.44. The molecule has 0 aromatic rings. The fraction of sp³-hybridized carbons (Fsp3) is 0.714. The Labute approximate surface area is 60.4 Å². The minimum atomic E-state index is -0.000000000000000444. The summed E-state index contributed by atoms with van der Waals surface area (Å²) in [6.45, 7) is 0.